The lowest BCUT2D eigenvalue weighted by atomic mass is 9.98. The van der Waals surface area contributed by atoms with E-state index in [2.05, 4.69) is 133 Å². The molecule has 0 aliphatic carbocycles. The third-order valence-corrected chi connectivity index (χ3v) is 8.18. The van der Waals surface area contributed by atoms with Gasteiger partial charge >= 0.3 is 0 Å². The van der Waals surface area contributed by atoms with Crippen LogP contribution < -0.4 is 10.6 Å². The van der Waals surface area contributed by atoms with E-state index >= 15 is 0 Å². The van der Waals surface area contributed by atoms with Crippen LogP contribution in [-0.4, -0.2) is 0 Å². The first-order valence-corrected chi connectivity index (χ1v) is 13.2. The molecule has 0 saturated heterocycles. The van der Waals surface area contributed by atoms with Crippen molar-refractivity contribution in [3.8, 4) is 0 Å². The Bertz CT molecular complexity index is 1480. The van der Waals surface area contributed by atoms with Gasteiger partial charge < -0.3 is 0 Å². The monoisotopic (exact) mass is 466 g/mol. The highest BCUT2D eigenvalue weighted by atomic mass is 31.1. The summed E-state index contributed by atoms with van der Waals surface area (Å²) in [5.74, 6) is 0. The largest absolute Gasteiger partial charge is 0.0622 e. The van der Waals surface area contributed by atoms with E-state index in [1.165, 1.54) is 54.4 Å². The predicted octanol–water partition coefficient (Wildman–Crippen LogP) is 7.80. The molecule has 1 heteroatoms. The van der Waals surface area contributed by atoms with Crippen LogP contribution in [0, 0.1) is 0 Å². The molecule has 0 amide bonds. The fourth-order valence-corrected chi connectivity index (χ4v) is 6.35. The van der Waals surface area contributed by atoms with Gasteiger partial charge in [-0.2, -0.15) is 0 Å². The molecule has 6 aromatic carbocycles. The van der Waals surface area contributed by atoms with Gasteiger partial charge in [-0.1, -0.05) is 142 Å². The summed E-state index contributed by atoms with van der Waals surface area (Å²) in [7, 11) is 0.613. The summed E-state index contributed by atoms with van der Waals surface area (Å²) >= 11 is 0. The molecule has 0 radical (unpaired) electrons. The lowest BCUT2D eigenvalue weighted by Crippen LogP contribution is -2.08. The Hall–Kier alpha value is -3.73. The van der Waals surface area contributed by atoms with Crippen LogP contribution in [0.4, 0.5) is 0 Å². The van der Waals surface area contributed by atoms with Crippen LogP contribution in [0.2, 0.25) is 0 Å². The minimum absolute atomic E-state index is 0.613. The minimum Gasteiger partial charge on any atom is -0.0622 e. The van der Waals surface area contributed by atoms with Gasteiger partial charge in [-0.3, -0.25) is 0 Å². The van der Waals surface area contributed by atoms with Crippen LogP contribution in [0.25, 0.3) is 21.5 Å². The van der Waals surface area contributed by atoms with Crippen molar-refractivity contribution >= 4 is 40.7 Å². The highest BCUT2D eigenvalue weighted by Crippen LogP contribution is 2.28. The quantitative estimate of drug-likeness (QED) is 0.220. The lowest BCUT2D eigenvalue weighted by Gasteiger charge is -2.15. The molecule has 0 unspecified atom stereocenters. The summed E-state index contributed by atoms with van der Waals surface area (Å²) in [5.41, 5.74) is 5.49. The van der Waals surface area contributed by atoms with Crippen molar-refractivity contribution in [1.82, 2.24) is 0 Å². The first-order chi connectivity index (χ1) is 17.3. The summed E-state index contributed by atoms with van der Waals surface area (Å²) in [4.78, 5) is 0. The van der Waals surface area contributed by atoms with E-state index in [4.69, 9.17) is 0 Å². The number of fused-ring (bicyclic) bond motifs is 2. The fraction of sp³-hybridized carbons (Fsp3) is 0.0588. The second kappa shape index (κ2) is 9.87. The van der Waals surface area contributed by atoms with Gasteiger partial charge in [0, 0.05) is 0 Å². The topological polar surface area (TPSA) is 0 Å². The normalized spacial score (nSPS) is 11.2. The van der Waals surface area contributed by atoms with Gasteiger partial charge in [-0.25, -0.2) is 0 Å². The Morgan fingerprint density at radius 2 is 0.714 bits per heavy atom. The molecule has 0 aromatic heterocycles. The molecule has 0 heterocycles. The van der Waals surface area contributed by atoms with Gasteiger partial charge in [-0.15, -0.1) is 0 Å². The summed E-state index contributed by atoms with van der Waals surface area (Å²) in [6.45, 7) is 0. The number of rotatable bonds is 6. The van der Waals surface area contributed by atoms with Crippen molar-refractivity contribution < 1.29 is 0 Å². The molecule has 0 spiro atoms. The lowest BCUT2D eigenvalue weighted by molar-refractivity contribution is 1.21. The van der Waals surface area contributed by atoms with E-state index in [0.29, 0.717) is 8.58 Å². The average Bonchev–Trinajstić information content (AvgIpc) is 2.92. The maximum Gasteiger partial charge on any atom is -0.00196 e. The highest BCUT2D eigenvalue weighted by molar-refractivity contribution is 7.56. The molecular weight excluding hydrogens is 439 g/mol. The molecule has 6 rings (SSSR count). The van der Waals surface area contributed by atoms with Crippen LogP contribution in [0.15, 0.2) is 133 Å². The van der Waals surface area contributed by atoms with Gasteiger partial charge in [-0.05, 0) is 67.2 Å². The maximum atomic E-state index is 2.35. The Morgan fingerprint density at radius 3 is 1.14 bits per heavy atom. The van der Waals surface area contributed by atoms with Crippen LogP contribution >= 0.6 is 8.58 Å². The minimum atomic E-state index is 0.613. The van der Waals surface area contributed by atoms with Gasteiger partial charge in [0.15, 0.2) is 0 Å². The molecule has 0 aliphatic rings. The average molecular weight is 467 g/mol. The molecular formula is C34H27P. The fourth-order valence-electron chi connectivity index (χ4n) is 5.03. The molecule has 0 aliphatic heterocycles. The van der Waals surface area contributed by atoms with E-state index in [-0.39, 0.29) is 0 Å². The zero-order valence-electron chi connectivity index (χ0n) is 19.6. The third-order valence-electron chi connectivity index (χ3n) is 6.77. The third kappa shape index (κ3) is 4.63. The van der Waals surface area contributed by atoms with Gasteiger partial charge in [0.2, 0.25) is 0 Å². The zero-order chi connectivity index (χ0) is 23.5. The number of benzene rings is 6. The van der Waals surface area contributed by atoms with Crippen molar-refractivity contribution in [2.45, 2.75) is 12.8 Å². The first-order valence-electron chi connectivity index (χ1n) is 12.2. The van der Waals surface area contributed by atoms with E-state index in [9.17, 15) is 0 Å². The second-order valence-corrected chi connectivity index (χ2v) is 10.4. The molecule has 6 aromatic rings. The SMILES string of the molecule is c1ccc(Cc2ccc(Pc3ccc(Cc4ccccc4)c4ccccc34)c3ccccc23)cc1. The molecule has 168 valence electrons. The zero-order valence-corrected chi connectivity index (χ0v) is 20.6. The molecule has 0 fully saturated rings. The number of hydrogen-bond acceptors (Lipinski definition) is 0. The Balaban J connectivity index is 1.38. The van der Waals surface area contributed by atoms with Gasteiger partial charge in [0.05, 0.1) is 0 Å². The Kier molecular flexibility index (Phi) is 6.14. The Morgan fingerprint density at radius 1 is 0.343 bits per heavy atom. The van der Waals surface area contributed by atoms with Crippen LogP contribution in [0.5, 0.6) is 0 Å². The standard InChI is InChI=1S/C34H27P/c1-3-11-25(12-4-1)23-27-19-21-33(31-17-9-7-15-29(27)31)35-34-22-20-28(24-26-13-5-2-6-14-26)30-16-8-10-18-32(30)34/h1-22,35H,23-24H2. The smallest absolute Gasteiger partial charge is 0.00196 e. The summed E-state index contributed by atoms with van der Waals surface area (Å²) < 4.78 is 0. The van der Waals surface area contributed by atoms with Crippen LogP contribution in [-0.2, 0) is 12.8 Å². The van der Waals surface area contributed by atoms with Crippen molar-refractivity contribution in [2.75, 3.05) is 0 Å². The molecule has 0 nitrogen and oxygen atoms in total. The molecule has 0 atom stereocenters. The maximum absolute atomic E-state index is 2.35. The van der Waals surface area contributed by atoms with Crippen molar-refractivity contribution in [3.63, 3.8) is 0 Å². The first kappa shape index (κ1) is 21.8. The summed E-state index contributed by atoms with van der Waals surface area (Å²) in [6.07, 6.45) is 1.92. The summed E-state index contributed by atoms with van der Waals surface area (Å²) in [5, 5.41) is 8.31. The molecule has 0 N–H and O–H groups in total. The van der Waals surface area contributed by atoms with Crippen molar-refractivity contribution in [2.24, 2.45) is 0 Å². The molecule has 35 heavy (non-hydrogen) atoms. The molecule has 0 bridgehead atoms. The highest BCUT2D eigenvalue weighted by Gasteiger charge is 2.11. The van der Waals surface area contributed by atoms with Crippen molar-refractivity contribution in [3.05, 3.63) is 156 Å². The Labute approximate surface area is 209 Å². The van der Waals surface area contributed by atoms with E-state index in [1.807, 2.05) is 0 Å². The van der Waals surface area contributed by atoms with Crippen molar-refractivity contribution in [1.29, 1.82) is 0 Å². The second-order valence-electron chi connectivity index (χ2n) is 9.09. The number of hydrogen-bond donors (Lipinski definition) is 0. The van der Waals surface area contributed by atoms with E-state index in [0.717, 1.165) is 12.8 Å². The summed E-state index contributed by atoms with van der Waals surface area (Å²) in [6, 6.07) is 48.7. The van der Waals surface area contributed by atoms with E-state index in [1.54, 1.807) is 0 Å². The van der Waals surface area contributed by atoms with Gasteiger partial charge in [0.1, 0.15) is 0 Å². The van der Waals surface area contributed by atoms with Gasteiger partial charge in [0.25, 0.3) is 0 Å². The molecule has 0 saturated carbocycles. The van der Waals surface area contributed by atoms with Crippen LogP contribution in [0.3, 0.4) is 0 Å². The predicted molar refractivity (Wildman–Crippen MR) is 154 cm³/mol. The van der Waals surface area contributed by atoms with E-state index < -0.39 is 0 Å². The van der Waals surface area contributed by atoms with Crippen LogP contribution in [0.1, 0.15) is 22.3 Å².